The van der Waals surface area contributed by atoms with Crippen molar-refractivity contribution >= 4 is 17.3 Å². The van der Waals surface area contributed by atoms with Crippen LogP contribution in [0.1, 0.15) is 18.6 Å². The molecular formula is C10H18N4O2S. The number of aromatic nitrogens is 2. The van der Waals surface area contributed by atoms with Gasteiger partial charge in [0.25, 0.3) is 0 Å². The van der Waals surface area contributed by atoms with Crippen molar-refractivity contribution in [3.8, 4) is 0 Å². The molecule has 0 saturated heterocycles. The quantitative estimate of drug-likeness (QED) is 0.716. The molecule has 2 N–H and O–H groups in total. The summed E-state index contributed by atoms with van der Waals surface area (Å²) >= 11 is 5.12. The highest BCUT2D eigenvalue weighted by Crippen LogP contribution is 1.95. The largest absolute Gasteiger partial charge is 0.383 e. The maximum Gasteiger partial charge on any atom is 0.228 e. The predicted molar refractivity (Wildman–Crippen MR) is 67.8 cm³/mol. The highest BCUT2D eigenvalue weighted by Gasteiger charge is 2.05. The van der Waals surface area contributed by atoms with Gasteiger partial charge in [-0.1, -0.05) is 5.16 Å². The van der Waals surface area contributed by atoms with E-state index in [1.807, 2.05) is 6.92 Å². The van der Waals surface area contributed by atoms with Crippen LogP contribution >= 0.6 is 12.2 Å². The zero-order chi connectivity index (χ0) is 12.7. The molecule has 0 aliphatic carbocycles. The highest BCUT2D eigenvalue weighted by atomic mass is 32.1. The minimum absolute atomic E-state index is 0.186. The number of rotatable bonds is 6. The molecular weight excluding hydrogens is 240 g/mol. The van der Waals surface area contributed by atoms with E-state index in [1.165, 1.54) is 0 Å². The second kappa shape index (κ2) is 7.18. The molecule has 7 heteroatoms. The minimum Gasteiger partial charge on any atom is -0.383 e. The first kappa shape index (κ1) is 13.9. The van der Waals surface area contributed by atoms with Crippen LogP contribution in [0.15, 0.2) is 4.52 Å². The number of hydrogen-bond donors (Lipinski definition) is 2. The molecule has 6 nitrogen and oxygen atoms in total. The third-order valence-electron chi connectivity index (χ3n) is 1.99. The fourth-order valence-electron chi connectivity index (χ4n) is 1.29. The maximum atomic E-state index is 5.12. The van der Waals surface area contributed by atoms with Crippen LogP contribution < -0.4 is 10.6 Å². The standard InChI is InChI=1S/C10H18N4O2S/c1-7(6-15-3)12-10(17)11-5-4-9-13-8(2)14-16-9/h7H,4-6H2,1-3H3,(H2,11,12,17). The lowest BCUT2D eigenvalue weighted by atomic mass is 10.4. The lowest BCUT2D eigenvalue weighted by Crippen LogP contribution is -2.43. The molecule has 0 fully saturated rings. The third kappa shape index (κ3) is 5.60. The molecule has 0 amide bonds. The van der Waals surface area contributed by atoms with Gasteiger partial charge in [-0.05, 0) is 26.1 Å². The number of ether oxygens (including phenoxy) is 1. The second-order valence-corrected chi connectivity index (χ2v) is 4.15. The summed E-state index contributed by atoms with van der Waals surface area (Å²) in [4.78, 5) is 4.10. The van der Waals surface area contributed by atoms with E-state index in [9.17, 15) is 0 Å². The van der Waals surface area contributed by atoms with Crippen molar-refractivity contribution in [2.24, 2.45) is 0 Å². The monoisotopic (exact) mass is 258 g/mol. The van der Waals surface area contributed by atoms with Crippen LogP contribution in [0.3, 0.4) is 0 Å². The molecule has 0 aromatic carbocycles. The molecule has 0 radical (unpaired) electrons. The summed E-state index contributed by atoms with van der Waals surface area (Å²) in [6, 6.07) is 0.186. The Kier molecular flexibility index (Phi) is 5.85. The van der Waals surface area contributed by atoms with Crippen LogP contribution in [0.2, 0.25) is 0 Å². The van der Waals surface area contributed by atoms with E-state index >= 15 is 0 Å². The van der Waals surface area contributed by atoms with Gasteiger partial charge in [-0.3, -0.25) is 0 Å². The van der Waals surface area contributed by atoms with Crippen LogP contribution in [-0.2, 0) is 11.2 Å². The summed E-state index contributed by atoms with van der Waals surface area (Å²) in [6.45, 7) is 5.07. The van der Waals surface area contributed by atoms with Crippen LogP contribution in [0.25, 0.3) is 0 Å². The molecule has 1 aromatic rings. The lowest BCUT2D eigenvalue weighted by molar-refractivity contribution is 0.179. The zero-order valence-electron chi connectivity index (χ0n) is 10.3. The van der Waals surface area contributed by atoms with Crippen LogP contribution in [0.5, 0.6) is 0 Å². The molecule has 1 atom stereocenters. The van der Waals surface area contributed by atoms with Crippen LogP contribution in [-0.4, -0.2) is 41.6 Å². The molecule has 1 unspecified atom stereocenters. The fourth-order valence-corrected chi connectivity index (χ4v) is 1.59. The summed E-state index contributed by atoms with van der Waals surface area (Å²) < 4.78 is 9.98. The van der Waals surface area contributed by atoms with Gasteiger partial charge in [-0.2, -0.15) is 4.98 Å². The van der Waals surface area contributed by atoms with E-state index < -0.39 is 0 Å². The van der Waals surface area contributed by atoms with Crippen molar-refractivity contribution in [1.29, 1.82) is 0 Å². The number of thiocarbonyl (C=S) groups is 1. The molecule has 0 aliphatic heterocycles. The van der Waals surface area contributed by atoms with Gasteiger partial charge in [-0.15, -0.1) is 0 Å². The number of nitrogens with zero attached hydrogens (tertiary/aromatic N) is 2. The summed E-state index contributed by atoms with van der Waals surface area (Å²) in [5, 5.41) is 10.5. The molecule has 0 spiro atoms. The van der Waals surface area contributed by atoms with Gasteiger partial charge in [0.15, 0.2) is 10.9 Å². The summed E-state index contributed by atoms with van der Waals surface area (Å²) in [6.07, 6.45) is 0.654. The average Bonchev–Trinajstić information content (AvgIpc) is 2.64. The molecule has 0 aliphatic rings. The van der Waals surface area contributed by atoms with Gasteiger partial charge in [-0.25, -0.2) is 0 Å². The van der Waals surface area contributed by atoms with E-state index in [-0.39, 0.29) is 6.04 Å². The molecule has 1 heterocycles. The summed E-state index contributed by atoms with van der Waals surface area (Å²) in [5.41, 5.74) is 0. The van der Waals surface area contributed by atoms with Crippen molar-refractivity contribution in [2.75, 3.05) is 20.3 Å². The Labute approximate surface area is 106 Å². The zero-order valence-corrected chi connectivity index (χ0v) is 11.1. The Bertz CT molecular complexity index is 356. The molecule has 0 saturated carbocycles. The Morgan fingerprint density at radius 2 is 2.35 bits per heavy atom. The molecule has 17 heavy (non-hydrogen) atoms. The Hall–Kier alpha value is -1.21. The summed E-state index contributed by atoms with van der Waals surface area (Å²) in [7, 11) is 1.66. The van der Waals surface area contributed by atoms with Gasteiger partial charge in [0.2, 0.25) is 5.89 Å². The lowest BCUT2D eigenvalue weighted by Gasteiger charge is -2.15. The van der Waals surface area contributed by atoms with Gasteiger partial charge in [0.1, 0.15) is 0 Å². The first-order valence-electron chi connectivity index (χ1n) is 5.44. The first-order chi connectivity index (χ1) is 8.11. The highest BCUT2D eigenvalue weighted by molar-refractivity contribution is 7.80. The van der Waals surface area contributed by atoms with E-state index in [0.29, 0.717) is 36.4 Å². The average molecular weight is 258 g/mol. The number of nitrogens with one attached hydrogen (secondary N) is 2. The van der Waals surface area contributed by atoms with E-state index in [4.69, 9.17) is 21.5 Å². The predicted octanol–water partition coefficient (Wildman–Crippen LogP) is 0.420. The van der Waals surface area contributed by atoms with Crippen LogP contribution in [0, 0.1) is 6.92 Å². The van der Waals surface area contributed by atoms with Gasteiger partial charge in [0, 0.05) is 26.1 Å². The second-order valence-electron chi connectivity index (χ2n) is 3.74. The van der Waals surface area contributed by atoms with Gasteiger partial charge >= 0.3 is 0 Å². The maximum absolute atomic E-state index is 5.12. The fraction of sp³-hybridized carbons (Fsp3) is 0.700. The smallest absolute Gasteiger partial charge is 0.228 e. The minimum atomic E-state index is 0.186. The van der Waals surface area contributed by atoms with Crippen molar-refractivity contribution in [3.05, 3.63) is 11.7 Å². The third-order valence-corrected chi connectivity index (χ3v) is 2.25. The number of aryl methyl sites for hydroxylation is 1. The van der Waals surface area contributed by atoms with E-state index in [2.05, 4.69) is 20.8 Å². The van der Waals surface area contributed by atoms with Crippen molar-refractivity contribution in [3.63, 3.8) is 0 Å². The van der Waals surface area contributed by atoms with E-state index in [0.717, 1.165) is 0 Å². The molecule has 96 valence electrons. The number of hydrogen-bond acceptors (Lipinski definition) is 5. The Morgan fingerprint density at radius 3 is 2.94 bits per heavy atom. The van der Waals surface area contributed by atoms with Gasteiger partial charge in [0.05, 0.1) is 6.61 Å². The SMILES string of the molecule is COCC(C)NC(=S)NCCc1nc(C)no1. The van der Waals surface area contributed by atoms with E-state index in [1.54, 1.807) is 14.0 Å². The summed E-state index contributed by atoms with van der Waals surface area (Å²) in [5.74, 6) is 1.26. The Balaban J connectivity index is 2.16. The molecule has 0 bridgehead atoms. The molecule has 1 aromatic heterocycles. The number of methoxy groups -OCH3 is 1. The normalized spacial score (nSPS) is 12.2. The van der Waals surface area contributed by atoms with Crippen molar-refractivity contribution < 1.29 is 9.26 Å². The topological polar surface area (TPSA) is 72.2 Å². The first-order valence-corrected chi connectivity index (χ1v) is 5.85. The molecule has 1 rings (SSSR count). The van der Waals surface area contributed by atoms with Crippen LogP contribution in [0.4, 0.5) is 0 Å². The van der Waals surface area contributed by atoms with Gasteiger partial charge < -0.3 is 19.9 Å². The Morgan fingerprint density at radius 1 is 1.59 bits per heavy atom. The van der Waals surface area contributed by atoms with Crippen molar-refractivity contribution in [1.82, 2.24) is 20.8 Å². The van der Waals surface area contributed by atoms with Crippen molar-refractivity contribution in [2.45, 2.75) is 26.3 Å².